The van der Waals surface area contributed by atoms with E-state index in [4.69, 9.17) is 4.74 Å². The minimum Gasteiger partial charge on any atom is -0.425 e. The quantitative estimate of drug-likeness (QED) is 0.488. The molecule has 0 N–H and O–H groups in total. The largest absolute Gasteiger partial charge is 0.425 e. The number of ether oxygens (including phenoxy) is 1. The van der Waals surface area contributed by atoms with E-state index in [2.05, 4.69) is 0 Å². The molecule has 0 radical (unpaired) electrons. The number of carbonyl (C=O) groups excluding carboxylic acids is 3. The maximum atomic E-state index is 13.6. The van der Waals surface area contributed by atoms with E-state index in [1.165, 1.54) is 6.08 Å². The van der Waals surface area contributed by atoms with Crippen molar-refractivity contribution < 1.29 is 19.1 Å². The van der Waals surface area contributed by atoms with Crippen LogP contribution in [-0.2, 0) is 16.6 Å². The van der Waals surface area contributed by atoms with Gasteiger partial charge in [0.1, 0.15) is 11.2 Å². The molecule has 4 nitrogen and oxygen atoms in total. The number of hydrogen-bond acceptors (Lipinski definition) is 4. The second-order valence-electron chi connectivity index (χ2n) is 7.69. The maximum Gasteiger partial charge on any atom is 0.327 e. The van der Waals surface area contributed by atoms with Crippen molar-refractivity contribution in [2.24, 2.45) is 0 Å². The Morgan fingerprint density at radius 2 is 1.47 bits per heavy atom. The Bertz CT molecular complexity index is 1270. The van der Waals surface area contributed by atoms with E-state index in [0.717, 1.165) is 11.1 Å². The first-order valence-corrected chi connectivity index (χ1v) is 9.79. The summed E-state index contributed by atoms with van der Waals surface area (Å²) < 4.78 is 5.62. The molecule has 1 atom stereocenters. The van der Waals surface area contributed by atoms with Crippen molar-refractivity contribution in [3.8, 4) is 5.75 Å². The molecule has 30 heavy (non-hydrogen) atoms. The van der Waals surface area contributed by atoms with E-state index in [1.807, 2.05) is 37.3 Å². The number of esters is 1. The minimum atomic E-state index is -1.37. The number of ketones is 2. The van der Waals surface area contributed by atoms with Crippen LogP contribution in [-0.4, -0.2) is 17.5 Å². The second kappa shape index (κ2) is 6.63. The summed E-state index contributed by atoms with van der Waals surface area (Å²) in [5.41, 5.74) is 2.02. The molecule has 1 heterocycles. The van der Waals surface area contributed by atoms with Gasteiger partial charge in [0, 0.05) is 22.3 Å². The monoisotopic (exact) mass is 394 g/mol. The Kier molecular flexibility index (Phi) is 4.03. The van der Waals surface area contributed by atoms with Crippen molar-refractivity contribution in [1.29, 1.82) is 0 Å². The lowest BCUT2D eigenvalue weighted by molar-refractivity contribution is -0.136. The van der Waals surface area contributed by atoms with E-state index in [-0.39, 0.29) is 23.6 Å². The Morgan fingerprint density at radius 1 is 0.800 bits per heavy atom. The third-order valence-corrected chi connectivity index (χ3v) is 6.03. The molecule has 4 heteroatoms. The second-order valence-corrected chi connectivity index (χ2v) is 7.69. The predicted octanol–water partition coefficient (Wildman–Crippen LogP) is 4.40. The summed E-state index contributed by atoms with van der Waals surface area (Å²) in [5.74, 6) is -0.691. The molecule has 146 valence electrons. The van der Waals surface area contributed by atoms with Crippen LogP contribution in [0.15, 0.2) is 84.4 Å². The van der Waals surface area contributed by atoms with E-state index in [1.54, 1.807) is 42.5 Å². The van der Waals surface area contributed by atoms with E-state index in [9.17, 15) is 14.4 Å². The SMILES string of the molecule is Cc1ccccc1C[C@@]1(C2=CC(=O)c3ccccc3C2=O)C(=O)Oc2ccccc21. The molecule has 0 fully saturated rings. The summed E-state index contributed by atoms with van der Waals surface area (Å²) in [6, 6.07) is 21.6. The maximum absolute atomic E-state index is 13.6. The van der Waals surface area contributed by atoms with Crippen LogP contribution in [0.1, 0.15) is 37.4 Å². The van der Waals surface area contributed by atoms with Gasteiger partial charge in [-0.05, 0) is 36.6 Å². The first kappa shape index (κ1) is 18.3. The Morgan fingerprint density at radius 3 is 2.27 bits per heavy atom. The highest BCUT2D eigenvalue weighted by molar-refractivity contribution is 6.27. The van der Waals surface area contributed by atoms with Crippen LogP contribution in [0.2, 0.25) is 0 Å². The molecule has 1 aliphatic carbocycles. The third kappa shape index (κ3) is 2.50. The van der Waals surface area contributed by atoms with Gasteiger partial charge in [-0.3, -0.25) is 14.4 Å². The molecule has 0 spiro atoms. The van der Waals surface area contributed by atoms with Gasteiger partial charge in [-0.1, -0.05) is 66.7 Å². The molecule has 2 aliphatic rings. The smallest absolute Gasteiger partial charge is 0.327 e. The van der Waals surface area contributed by atoms with Crippen LogP contribution < -0.4 is 4.74 Å². The van der Waals surface area contributed by atoms with Crippen LogP contribution in [0.5, 0.6) is 5.75 Å². The number of Topliss-reactive ketones (excluding diaryl/α,β-unsaturated/α-hetero) is 1. The zero-order valence-corrected chi connectivity index (χ0v) is 16.3. The van der Waals surface area contributed by atoms with Crippen molar-refractivity contribution in [2.45, 2.75) is 18.8 Å². The van der Waals surface area contributed by atoms with Gasteiger partial charge in [0.15, 0.2) is 11.6 Å². The zero-order valence-electron chi connectivity index (χ0n) is 16.3. The fourth-order valence-electron chi connectivity index (χ4n) is 4.45. The first-order valence-electron chi connectivity index (χ1n) is 9.79. The number of benzene rings is 3. The van der Waals surface area contributed by atoms with Gasteiger partial charge >= 0.3 is 5.97 Å². The number of aryl methyl sites for hydroxylation is 1. The van der Waals surface area contributed by atoms with Gasteiger partial charge in [0.25, 0.3) is 0 Å². The molecule has 0 aromatic heterocycles. The molecule has 5 rings (SSSR count). The molecule has 0 unspecified atom stereocenters. The number of hydrogen-bond donors (Lipinski definition) is 0. The molecule has 0 bridgehead atoms. The average molecular weight is 394 g/mol. The van der Waals surface area contributed by atoms with Gasteiger partial charge in [0.2, 0.25) is 0 Å². The number of rotatable bonds is 3. The van der Waals surface area contributed by atoms with Gasteiger partial charge in [-0.15, -0.1) is 0 Å². The lowest BCUT2D eigenvalue weighted by atomic mass is 9.66. The normalized spacial score (nSPS) is 19.8. The number of fused-ring (bicyclic) bond motifs is 2. The zero-order chi connectivity index (χ0) is 20.9. The lowest BCUT2D eigenvalue weighted by Gasteiger charge is -2.31. The third-order valence-electron chi connectivity index (χ3n) is 6.03. The molecule has 3 aromatic carbocycles. The Balaban J connectivity index is 1.77. The van der Waals surface area contributed by atoms with Crippen LogP contribution in [0.25, 0.3) is 0 Å². The summed E-state index contributed by atoms with van der Waals surface area (Å²) in [6.45, 7) is 1.97. The first-order chi connectivity index (χ1) is 14.5. The van der Waals surface area contributed by atoms with Crippen LogP contribution in [0, 0.1) is 6.92 Å². The molecule has 0 saturated heterocycles. The van der Waals surface area contributed by atoms with Crippen molar-refractivity contribution in [1.82, 2.24) is 0 Å². The Labute approximate surface area is 173 Å². The topological polar surface area (TPSA) is 60.4 Å². The van der Waals surface area contributed by atoms with E-state index < -0.39 is 11.4 Å². The van der Waals surface area contributed by atoms with Gasteiger partial charge in [-0.25, -0.2) is 0 Å². The van der Waals surface area contributed by atoms with E-state index in [0.29, 0.717) is 22.4 Å². The van der Waals surface area contributed by atoms with Crippen LogP contribution >= 0.6 is 0 Å². The summed E-state index contributed by atoms with van der Waals surface area (Å²) in [4.78, 5) is 39.9. The summed E-state index contributed by atoms with van der Waals surface area (Å²) in [5, 5.41) is 0. The molecular formula is C26H18O4. The molecule has 3 aromatic rings. The minimum absolute atomic E-state index is 0.171. The number of allylic oxidation sites excluding steroid dienone is 1. The molecule has 1 aliphatic heterocycles. The Hall–Kier alpha value is -3.79. The van der Waals surface area contributed by atoms with Crippen molar-refractivity contribution in [2.75, 3.05) is 0 Å². The van der Waals surface area contributed by atoms with Crippen LogP contribution in [0.3, 0.4) is 0 Å². The predicted molar refractivity (Wildman–Crippen MR) is 112 cm³/mol. The molecule has 0 amide bonds. The molecule has 0 saturated carbocycles. The standard InChI is InChI=1S/C26H18O4/c1-16-8-2-3-9-17(16)15-26(20-12-6-7-13-23(20)30-25(26)29)21-14-22(27)18-10-4-5-11-19(18)24(21)28/h2-14H,15H2,1H3/t26-/m1/s1. The van der Waals surface area contributed by atoms with Gasteiger partial charge < -0.3 is 4.74 Å². The average Bonchev–Trinajstić information content (AvgIpc) is 3.04. The van der Waals surface area contributed by atoms with E-state index >= 15 is 0 Å². The molecular weight excluding hydrogens is 376 g/mol. The summed E-state index contributed by atoms with van der Waals surface area (Å²) in [6.07, 6.45) is 1.56. The van der Waals surface area contributed by atoms with Crippen molar-refractivity contribution in [3.63, 3.8) is 0 Å². The van der Waals surface area contributed by atoms with Crippen molar-refractivity contribution >= 4 is 17.5 Å². The lowest BCUT2D eigenvalue weighted by Crippen LogP contribution is -2.43. The highest BCUT2D eigenvalue weighted by Gasteiger charge is 2.55. The summed E-state index contributed by atoms with van der Waals surface area (Å²) in [7, 11) is 0. The number of carbonyl (C=O) groups is 3. The van der Waals surface area contributed by atoms with Crippen LogP contribution in [0.4, 0.5) is 0 Å². The van der Waals surface area contributed by atoms with Gasteiger partial charge in [0.05, 0.1) is 0 Å². The fraction of sp³-hybridized carbons (Fsp3) is 0.115. The summed E-state index contributed by atoms with van der Waals surface area (Å²) >= 11 is 0. The highest BCUT2D eigenvalue weighted by Crippen LogP contribution is 2.49. The van der Waals surface area contributed by atoms with Crippen molar-refractivity contribution in [3.05, 3.63) is 112 Å². The number of para-hydroxylation sites is 1. The van der Waals surface area contributed by atoms with Gasteiger partial charge in [-0.2, -0.15) is 0 Å². The highest BCUT2D eigenvalue weighted by atomic mass is 16.5. The fourth-order valence-corrected chi connectivity index (χ4v) is 4.45.